The molecule has 130 valence electrons. The smallest absolute Gasteiger partial charge is 0.251 e. The molecule has 0 aliphatic carbocycles. The highest BCUT2D eigenvalue weighted by atomic mass is 19.2. The fraction of sp³-hybridized carbons (Fsp3) is 0.211. The standard InChI is InChI=1S/C19H17F3N2O/c1-19(2,14-9-23-17-8-12(20)4-5-13(14)17)10-24-18(25)11-3-6-15(21)16(22)7-11/h3-9,23H,10H2,1-2H3,(H,24,25). The number of aromatic nitrogens is 1. The third-order valence-electron chi connectivity index (χ3n) is 4.25. The minimum atomic E-state index is -1.06. The van der Waals surface area contributed by atoms with Crippen LogP contribution in [0.25, 0.3) is 10.9 Å². The largest absolute Gasteiger partial charge is 0.361 e. The average molecular weight is 346 g/mol. The van der Waals surface area contributed by atoms with Crippen LogP contribution < -0.4 is 5.32 Å². The van der Waals surface area contributed by atoms with Crippen molar-refractivity contribution in [2.45, 2.75) is 19.3 Å². The first-order valence-electron chi connectivity index (χ1n) is 7.78. The number of amides is 1. The van der Waals surface area contributed by atoms with E-state index in [0.717, 1.165) is 23.1 Å². The van der Waals surface area contributed by atoms with E-state index in [0.29, 0.717) is 5.52 Å². The Labute approximate surface area is 142 Å². The zero-order valence-electron chi connectivity index (χ0n) is 13.8. The molecule has 1 heterocycles. The predicted molar refractivity (Wildman–Crippen MR) is 90.0 cm³/mol. The second kappa shape index (κ2) is 6.27. The quantitative estimate of drug-likeness (QED) is 0.727. The van der Waals surface area contributed by atoms with Crippen LogP contribution in [0.5, 0.6) is 0 Å². The maximum absolute atomic E-state index is 13.3. The van der Waals surface area contributed by atoms with Crippen molar-refractivity contribution >= 4 is 16.8 Å². The first-order valence-corrected chi connectivity index (χ1v) is 7.78. The van der Waals surface area contributed by atoms with E-state index in [9.17, 15) is 18.0 Å². The van der Waals surface area contributed by atoms with Crippen molar-refractivity contribution in [3.63, 3.8) is 0 Å². The van der Waals surface area contributed by atoms with Crippen LogP contribution in [-0.2, 0) is 5.41 Å². The lowest BCUT2D eigenvalue weighted by molar-refractivity contribution is 0.0945. The van der Waals surface area contributed by atoms with E-state index < -0.39 is 23.0 Å². The highest BCUT2D eigenvalue weighted by molar-refractivity contribution is 5.94. The third-order valence-corrected chi connectivity index (χ3v) is 4.25. The summed E-state index contributed by atoms with van der Waals surface area (Å²) < 4.78 is 39.5. The van der Waals surface area contributed by atoms with Gasteiger partial charge in [-0.05, 0) is 42.0 Å². The molecule has 25 heavy (non-hydrogen) atoms. The summed E-state index contributed by atoms with van der Waals surface area (Å²) in [5.74, 6) is -2.88. The second-order valence-corrected chi connectivity index (χ2v) is 6.59. The molecule has 0 aliphatic rings. The Bertz CT molecular complexity index is 947. The Morgan fingerprint density at radius 1 is 1.08 bits per heavy atom. The number of fused-ring (bicyclic) bond motifs is 1. The molecule has 0 fully saturated rings. The normalized spacial score (nSPS) is 11.7. The summed E-state index contributed by atoms with van der Waals surface area (Å²) in [5, 5.41) is 3.60. The number of hydrogen-bond acceptors (Lipinski definition) is 1. The number of carbonyl (C=O) groups excluding carboxylic acids is 1. The second-order valence-electron chi connectivity index (χ2n) is 6.59. The summed E-state index contributed by atoms with van der Waals surface area (Å²) in [6.45, 7) is 4.14. The van der Waals surface area contributed by atoms with Crippen LogP contribution in [0.3, 0.4) is 0 Å². The van der Waals surface area contributed by atoms with Crippen LogP contribution in [-0.4, -0.2) is 17.4 Å². The fourth-order valence-electron chi connectivity index (χ4n) is 2.79. The summed E-state index contributed by atoms with van der Waals surface area (Å²) >= 11 is 0. The van der Waals surface area contributed by atoms with Gasteiger partial charge in [0.15, 0.2) is 11.6 Å². The van der Waals surface area contributed by atoms with Crippen LogP contribution in [0.4, 0.5) is 13.2 Å². The van der Waals surface area contributed by atoms with E-state index in [1.54, 1.807) is 12.3 Å². The molecule has 0 bridgehead atoms. The molecule has 0 saturated heterocycles. The molecule has 2 aromatic carbocycles. The zero-order valence-corrected chi connectivity index (χ0v) is 13.8. The number of aromatic amines is 1. The van der Waals surface area contributed by atoms with Gasteiger partial charge in [0, 0.05) is 34.6 Å². The monoisotopic (exact) mass is 346 g/mol. The van der Waals surface area contributed by atoms with Crippen molar-refractivity contribution < 1.29 is 18.0 Å². The molecule has 0 atom stereocenters. The van der Waals surface area contributed by atoms with E-state index in [1.165, 1.54) is 18.2 Å². The van der Waals surface area contributed by atoms with Gasteiger partial charge in [-0.1, -0.05) is 13.8 Å². The third kappa shape index (κ3) is 3.38. The average Bonchev–Trinajstić information content (AvgIpc) is 2.99. The maximum Gasteiger partial charge on any atom is 0.251 e. The van der Waals surface area contributed by atoms with Gasteiger partial charge >= 0.3 is 0 Å². The predicted octanol–water partition coefficient (Wildman–Crippen LogP) is 4.29. The lowest BCUT2D eigenvalue weighted by atomic mass is 9.84. The molecule has 0 aliphatic heterocycles. The van der Waals surface area contributed by atoms with Gasteiger partial charge in [0.2, 0.25) is 0 Å². The first kappa shape index (κ1) is 17.1. The lowest BCUT2D eigenvalue weighted by Crippen LogP contribution is -2.36. The number of carbonyl (C=O) groups is 1. The molecule has 1 amide bonds. The Morgan fingerprint density at radius 2 is 1.84 bits per heavy atom. The zero-order chi connectivity index (χ0) is 18.2. The fourth-order valence-corrected chi connectivity index (χ4v) is 2.79. The number of benzene rings is 2. The molecule has 0 spiro atoms. The van der Waals surface area contributed by atoms with Crippen LogP contribution >= 0.6 is 0 Å². The summed E-state index contributed by atoms with van der Waals surface area (Å²) in [6, 6.07) is 7.50. The van der Waals surface area contributed by atoms with Gasteiger partial charge in [-0.15, -0.1) is 0 Å². The van der Waals surface area contributed by atoms with Gasteiger partial charge in [-0.3, -0.25) is 4.79 Å². The Hall–Kier alpha value is -2.76. The summed E-state index contributed by atoms with van der Waals surface area (Å²) in [6.07, 6.45) is 1.79. The molecular formula is C19H17F3N2O. The van der Waals surface area contributed by atoms with Crippen molar-refractivity contribution in [3.05, 3.63) is 71.2 Å². The first-order chi connectivity index (χ1) is 11.8. The van der Waals surface area contributed by atoms with E-state index in [4.69, 9.17) is 0 Å². The topological polar surface area (TPSA) is 44.9 Å². The molecule has 6 heteroatoms. The molecular weight excluding hydrogens is 329 g/mol. The molecule has 0 radical (unpaired) electrons. The van der Waals surface area contributed by atoms with Gasteiger partial charge in [-0.25, -0.2) is 13.2 Å². The molecule has 2 N–H and O–H groups in total. The van der Waals surface area contributed by atoms with Gasteiger partial charge < -0.3 is 10.3 Å². The Morgan fingerprint density at radius 3 is 2.56 bits per heavy atom. The molecule has 0 saturated carbocycles. The SMILES string of the molecule is CC(C)(CNC(=O)c1ccc(F)c(F)c1)c1c[nH]c2cc(F)ccc12. The van der Waals surface area contributed by atoms with Crippen molar-refractivity contribution in [2.75, 3.05) is 6.54 Å². The minimum Gasteiger partial charge on any atom is -0.361 e. The van der Waals surface area contributed by atoms with Crippen molar-refractivity contribution in [1.82, 2.24) is 10.3 Å². The lowest BCUT2D eigenvalue weighted by Gasteiger charge is -2.25. The molecule has 1 aromatic heterocycles. The van der Waals surface area contributed by atoms with E-state index in [1.807, 2.05) is 13.8 Å². The maximum atomic E-state index is 13.3. The highest BCUT2D eigenvalue weighted by Gasteiger charge is 2.25. The number of hydrogen-bond donors (Lipinski definition) is 2. The molecule has 0 unspecified atom stereocenters. The Balaban J connectivity index is 1.78. The van der Waals surface area contributed by atoms with Crippen molar-refractivity contribution in [1.29, 1.82) is 0 Å². The van der Waals surface area contributed by atoms with Crippen LogP contribution in [0.15, 0.2) is 42.6 Å². The Kier molecular flexibility index (Phi) is 4.29. The molecule has 3 aromatic rings. The molecule has 3 nitrogen and oxygen atoms in total. The minimum absolute atomic E-state index is 0.0516. The highest BCUT2D eigenvalue weighted by Crippen LogP contribution is 2.30. The summed E-state index contributed by atoms with van der Waals surface area (Å²) in [5.41, 5.74) is 1.20. The number of nitrogens with one attached hydrogen (secondary N) is 2. The van der Waals surface area contributed by atoms with Crippen molar-refractivity contribution in [2.24, 2.45) is 0 Å². The van der Waals surface area contributed by atoms with Crippen LogP contribution in [0.1, 0.15) is 29.8 Å². The van der Waals surface area contributed by atoms with E-state index >= 15 is 0 Å². The summed E-state index contributed by atoms with van der Waals surface area (Å²) in [4.78, 5) is 15.2. The van der Waals surface area contributed by atoms with E-state index in [2.05, 4.69) is 10.3 Å². The number of H-pyrrole nitrogens is 1. The number of rotatable bonds is 4. The van der Waals surface area contributed by atoms with Gasteiger partial charge in [0.05, 0.1) is 0 Å². The van der Waals surface area contributed by atoms with Gasteiger partial charge in [0.25, 0.3) is 5.91 Å². The van der Waals surface area contributed by atoms with Gasteiger partial charge in [0.1, 0.15) is 5.82 Å². The van der Waals surface area contributed by atoms with E-state index in [-0.39, 0.29) is 17.9 Å². The summed E-state index contributed by atoms with van der Waals surface area (Å²) in [7, 11) is 0. The van der Waals surface area contributed by atoms with Gasteiger partial charge in [-0.2, -0.15) is 0 Å². The van der Waals surface area contributed by atoms with Crippen LogP contribution in [0.2, 0.25) is 0 Å². The number of halogens is 3. The van der Waals surface area contributed by atoms with Crippen molar-refractivity contribution in [3.8, 4) is 0 Å². The molecule has 3 rings (SSSR count). The van der Waals surface area contributed by atoms with Crippen LogP contribution in [0, 0.1) is 17.5 Å².